The molecular weight excluding hydrogens is 353 g/mol. The number of hydrogen-bond donors (Lipinski definition) is 3. The van der Waals surface area contributed by atoms with Crippen LogP contribution < -0.4 is 9.38 Å². The molecule has 2 heterocycles. The van der Waals surface area contributed by atoms with Crippen molar-refractivity contribution in [2.75, 3.05) is 0 Å². The maximum absolute atomic E-state index is 12.1. The fourth-order valence-corrected chi connectivity index (χ4v) is 5.11. The Kier molecular flexibility index (Phi) is 4.33. The third kappa shape index (κ3) is 3.26. The Balaban J connectivity index is 1.52. The molecule has 0 atom stereocenters. The summed E-state index contributed by atoms with van der Waals surface area (Å²) in [6.07, 6.45) is 6.34. The van der Waals surface area contributed by atoms with Gasteiger partial charge in [0.25, 0.3) is 0 Å². The summed E-state index contributed by atoms with van der Waals surface area (Å²) in [7, 11) is -4.12. The van der Waals surface area contributed by atoms with Gasteiger partial charge in [-0.05, 0) is 50.1 Å². The normalized spacial score (nSPS) is 22.8. The lowest BCUT2D eigenvalue weighted by Crippen LogP contribution is -2.45. The highest BCUT2D eigenvalue weighted by Crippen LogP contribution is 2.43. The van der Waals surface area contributed by atoms with E-state index in [9.17, 15) is 13.4 Å². The summed E-state index contributed by atoms with van der Waals surface area (Å²) >= 11 is 0. The Labute approximate surface area is 153 Å². The maximum Gasteiger partial charge on any atom is 0.519 e. The fraction of sp³-hybridized carbons (Fsp3) is 0.471. The van der Waals surface area contributed by atoms with Crippen molar-refractivity contribution in [1.29, 1.82) is 0 Å². The van der Waals surface area contributed by atoms with Crippen LogP contribution in [0.5, 0.6) is 5.75 Å². The zero-order valence-electron chi connectivity index (χ0n) is 14.6. The highest BCUT2D eigenvalue weighted by atomic mass is 32.2. The average molecular weight is 375 g/mol. The lowest BCUT2D eigenvalue weighted by Gasteiger charge is -2.37. The summed E-state index contributed by atoms with van der Waals surface area (Å²) in [5.74, 6) is 0.651. The van der Waals surface area contributed by atoms with Crippen LogP contribution in [0.15, 0.2) is 25.0 Å². The van der Waals surface area contributed by atoms with Gasteiger partial charge in [-0.2, -0.15) is 0 Å². The smallest absolute Gasteiger partial charge is 0.519 e. The summed E-state index contributed by atoms with van der Waals surface area (Å²) in [6, 6.07) is 1.87. The van der Waals surface area contributed by atoms with Gasteiger partial charge in [0.1, 0.15) is 11.4 Å². The van der Waals surface area contributed by atoms with Crippen molar-refractivity contribution in [2.45, 2.75) is 43.8 Å². The molecule has 9 heteroatoms. The number of pyridine rings is 1. The molecule has 0 aromatic carbocycles. The molecule has 0 saturated heterocycles. The fourth-order valence-electron chi connectivity index (χ4n) is 3.50. The first-order valence-electron chi connectivity index (χ1n) is 8.86. The molecule has 0 bridgehead atoms. The van der Waals surface area contributed by atoms with E-state index in [1.165, 1.54) is 0 Å². The summed E-state index contributed by atoms with van der Waals surface area (Å²) in [5.41, 5.74) is 2.43. The van der Waals surface area contributed by atoms with E-state index < -0.39 is 17.1 Å². The quantitative estimate of drug-likeness (QED) is 0.642. The molecule has 4 rings (SSSR count). The highest BCUT2D eigenvalue weighted by molar-refractivity contribution is 7.90. The minimum atomic E-state index is -3.16. The number of nitrogens with one attached hydrogen (secondary N) is 2. The molecule has 0 aliphatic heterocycles. The molecular formula is C17H22BN3O4S. The zero-order chi connectivity index (χ0) is 18.5. The Morgan fingerprint density at radius 3 is 2.85 bits per heavy atom. The second-order valence-corrected chi connectivity index (χ2v) is 9.20. The van der Waals surface area contributed by atoms with Crippen LogP contribution in [0.2, 0.25) is 6.82 Å². The molecule has 2 saturated carbocycles. The van der Waals surface area contributed by atoms with E-state index in [-0.39, 0.29) is 17.2 Å². The van der Waals surface area contributed by atoms with Crippen molar-refractivity contribution in [1.82, 2.24) is 14.7 Å². The van der Waals surface area contributed by atoms with Crippen molar-refractivity contribution in [3.8, 4) is 5.75 Å². The topological polar surface area (TPSA) is 104 Å². The van der Waals surface area contributed by atoms with Gasteiger partial charge in [0.05, 0.1) is 11.4 Å². The number of fused-ring (bicyclic) bond motifs is 1. The van der Waals surface area contributed by atoms with E-state index in [0.717, 1.165) is 35.0 Å². The SMILES string of the molecule is C=C(c1c(OB(C)O)cnc2[nH]ccc12)C1CC(NS(=O)(=O)C2CC2)C1. The van der Waals surface area contributed by atoms with Crippen LogP contribution in [0.1, 0.15) is 31.2 Å². The number of hydrogen-bond acceptors (Lipinski definition) is 5. The molecule has 138 valence electrons. The first-order chi connectivity index (χ1) is 12.3. The molecule has 2 aromatic rings. The van der Waals surface area contributed by atoms with E-state index in [2.05, 4.69) is 21.3 Å². The van der Waals surface area contributed by atoms with Crippen LogP contribution in [0.4, 0.5) is 0 Å². The predicted molar refractivity (Wildman–Crippen MR) is 101 cm³/mol. The predicted octanol–water partition coefficient (Wildman–Crippen LogP) is 1.93. The van der Waals surface area contributed by atoms with Crippen LogP contribution in [-0.4, -0.2) is 41.8 Å². The van der Waals surface area contributed by atoms with Crippen molar-refractivity contribution in [3.63, 3.8) is 0 Å². The number of rotatable bonds is 7. The van der Waals surface area contributed by atoms with Gasteiger partial charge in [0.15, 0.2) is 0 Å². The van der Waals surface area contributed by atoms with Crippen LogP contribution in [0.25, 0.3) is 16.6 Å². The van der Waals surface area contributed by atoms with Crippen molar-refractivity contribution >= 4 is 33.7 Å². The van der Waals surface area contributed by atoms with Gasteiger partial charge >= 0.3 is 7.12 Å². The molecule has 0 amide bonds. The van der Waals surface area contributed by atoms with Gasteiger partial charge in [-0.25, -0.2) is 18.1 Å². The standard InChI is InChI=1S/C17H22BN3O4S/c1-10(11-7-12(8-11)21-26(23,24)13-3-4-13)16-14-5-6-19-17(14)20-9-15(16)25-18(2)22/h5-6,9,11-13,21-22H,1,3-4,7-8H2,2H3,(H,19,20). The monoisotopic (exact) mass is 375 g/mol. The van der Waals surface area contributed by atoms with Crippen molar-refractivity contribution in [2.24, 2.45) is 5.92 Å². The number of nitrogens with zero attached hydrogens (tertiary/aromatic N) is 1. The first kappa shape index (κ1) is 17.6. The first-order valence-corrected chi connectivity index (χ1v) is 10.4. The molecule has 3 N–H and O–H groups in total. The number of sulfonamides is 1. The van der Waals surface area contributed by atoms with E-state index in [4.69, 9.17) is 4.65 Å². The zero-order valence-corrected chi connectivity index (χ0v) is 15.4. The molecule has 2 fully saturated rings. The Morgan fingerprint density at radius 1 is 1.46 bits per heavy atom. The Morgan fingerprint density at radius 2 is 2.19 bits per heavy atom. The van der Waals surface area contributed by atoms with Gasteiger partial charge in [-0.1, -0.05) is 6.58 Å². The van der Waals surface area contributed by atoms with Gasteiger partial charge < -0.3 is 14.7 Å². The Bertz CT molecular complexity index is 946. The van der Waals surface area contributed by atoms with Gasteiger partial charge in [0.2, 0.25) is 10.0 Å². The molecule has 0 spiro atoms. The number of aromatic amines is 1. The molecule has 0 unspecified atom stereocenters. The molecule has 2 aliphatic rings. The molecule has 7 nitrogen and oxygen atoms in total. The Hall–Kier alpha value is -1.84. The van der Waals surface area contributed by atoms with E-state index in [1.807, 2.05) is 6.07 Å². The minimum absolute atomic E-state index is 0.0352. The van der Waals surface area contributed by atoms with Crippen molar-refractivity contribution in [3.05, 3.63) is 30.6 Å². The van der Waals surface area contributed by atoms with Crippen LogP contribution >= 0.6 is 0 Å². The third-order valence-electron chi connectivity index (χ3n) is 5.10. The van der Waals surface area contributed by atoms with Crippen LogP contribution in [0.3, 0.4) is 0 Å². The molecule has 26 heavy (non-hydrogen) atoms. The summed E-state index contributed by atoms with van der Waals surface area (Å²) in [6.45, 7) is 5.78. The lowest BCUT2D eigenvalue weighted by molar-refractivity contribution is 0.310. The largest absolute Gasteiger partial charge is 0.535 e. The summed E-state index contributed by atoms with van der Waals surface area (Å²) in [4.78, 5) is 7.37. The van der Waals surface area contributed by atoms with Gasteiger partial charge in [-0.3, -0.25) is 0 Å². The van der Waals surface area contributed by atoms with Gasteiger partial charge in [-0.15, -0.1) is 0 Å². The minimum Gasteiger partial charge on any atom is -0.535 e. The molecule has 0 radical (unpaired) electrons. The van der Waals surface area contributed by atoms with Gasteiger partial charge in [0, 0.05) is 23.2 Å². The van der Waals surface area contributed by atoms with Crippen LogP contribution in [0, 0.1) is 5.92 Å². The number of allylic oxidation sites excluding steroid dienone is 1. The number of H-pyrrole nitrogens is 1. The second kappa shape index (κ2) is 6.40. The summed E-state index contributed by atoms with van der Waals surface area (Å²) in [5, 5.41) is 10.3. The average Bonchev–Trinajstić information content (AvgIpc) is 3.29. The van der Waals surface area contributed by atoms with E-state index >= 15 is 0 Å². The summed E-state index contributed by atoms with van der Waals surface area (Å²) < 4.78 is 32.5. The number of aromatic nitrogens is 2. The van der Waals surface area contributed by atoms with Crippen molar-refractivity contribution < 1.29 is 18.1 Å². The van der Waals surface area contributed by atoms with E-state index in [1.54, 1.807) is 19.2 Å². The molecule has 2 aromatic heterocycles. The lowest BCUT2D eigenvalue weighted by atomic mass is 9.74. The second-order valence-electron chi connectivity index (χ2n) is 7.21. The molecule has 2 aliphatic carbocycles. The van der Waals surface area contributed by atoms with Crippen LogP contribution in [-0.2, 0) is 10.0 Å². The van der Waals surface area contributed by atoms with E-state index in [0.29, 0.717) is 18.6 Å². The highest BCUT2D eigenvalue weighted by Gasteiger charge is 2.41. The maximum atomic E-state index is 12.1. The third-order valence-corrected chi connectivity index (χ3v) is 7.11.